The smallest absolute Gasteiger partial charge is 0.165 e. The van der Waals surface area contributed by atoms with Gasteiger partial charge < -0.3 is 9.84 Å². The van der Waals surface area contributed by atoms with Gasteiger partial charge in [-0.2, -0.15) is 5.10 Å². The lowest BCUT2D eigenvalue weighted by Crippen LogP contribution is -1.98. The monoisotopic (exact) mass is 232 g/mol. The van der Waals surface area contributed by atoms with Crippen LogP contribution in [0, 0.1) is 0 Å². The first-order valence-electron chi connectivity index (χ1n) is 5.64. The molecule has 1 unspecified atom stereocenters. The van der Waals surface area contributed by atoms with Crippen LogP contribution in [0.4, 0.5) is 0 Å². The van der Waals surface area contributed by atoms with Gasteiger partial charge in [0.25, 0.3) is 0 Å². The van der Waals surface area contributed by atoms with E-state index in [1.54, 1.807) is 17.1 Å². The second kappa shape index (κ2) is 5.01. The summed E-state index contributed by atoms with van der Waals surface area (Å²) in [6.45, 7) is 1.94. The number of nitrogens with zero attached hydrogens (tertiary/aromatic N) is 2. The van der Waals surface area contributed by atoms with Crippen LogP contribution in [0.25, 0.3) is 0 Å². The molecule has 0 saturated heterocycles. The number of aromatic nitrogens is 2. The van der Waals surface area contributed by atoms with Crippen molar-refractivity contribution in [2.24, 2.45) is 7.05 Å². The second-order valence-corrected chi connectivity index (χ2v) is 3.91. The summed E-state index contributed by atoms with van der Waals surface area (Å²) in [4.78, 5) is 0. The summed E-state index contributed by atoms with van der Waals surface area (Å²) in [5, 5.41) is 13.9. The fourth-order valence-corrected chi connectivity index (χ4v) is 1.65. The van der Waals surface area contributed by atoms with Crippen molar-refractivity contribution < 1.29 is 9.84 Å². The number of para-hydroxylation sites is 1. The Labute approximate surface area is 100 Å². The third-order valence-corrected chi connectivity index (χ3v) is 2.57. The number of benzene rings is 1. The Bertz CT molecular complexity index is 494. The van der Waals surface area contributed by atoms with E-state index in [2.05, 4.69) is 5.10 Å². The van der Waals surface area contributed by atoms with Gasteiger partial charge in [0.15, 0.2) is 5.75 Å². The molecule has 0 amide bonds. The maximum Gasteiger partial charge on any atom is 0.165 e. The normalized spacial score (nSPS) is 12.4. The van der Waals surface area contributed by atoms with E-state index >= 15 is 0 Å². The molecule has 0 aliphatic heterocycles. The summed E-state index contributed by atoms with van der Waals surface area (Å²) in [5.74, 6) is 1.35. The molecule has 0 saturated carbocycles. The zero-order valence-electron chi connectivity index (χ0n) is 10.00. The highest BCUT2D eigenvalue weighted by molar-refractivity contribution is 5.38. The summed E-state index contributed by atoms with van der Waals surface area (Å²) in [5.41, 5.74) is 0.804. The highest BCUT2D eigenvalue weighted by Crippen LogP contribution is 2.30. The van der Waals surface area contributed by atoms with Gasteiger partial charge in [0.2, 0.25) is 0 Å². The summed E-state index contributed by atoms with van der Waals surface area (Å²) in [6, 6.07) is 7.50. The summed E-state index contributed by atoms with van der Waals surface area (Å²) >= 11 is 0. The first-order chi connectivity index (χ1) is 8.20. The predicted octanol–water partition coefficient (Wildman–Crippen LogP) is 2.66. The average molecular weight is 232 g/mol. The minimum atomic E-state index is -0.497. The fraction of sp³-hybridized carbons (Fsp3) is 0.308. The topological polar surface area (TPSA) is 47.3 Å². The van der Waals surface area contributed by atoms with Crippen LogP contribution in [0.5, 0.6) is 11.5 Å². The Hall–Kier alpha value is -1.81. The lowest BCUT2D eigenvalue weighted by atomic mass is 10.1. The first-order valence-corrected chi connectivity index (χ1v) is 5.64. The molecule has 0 bridgehead atoms. The summed E-state index contributed by atoms with van der Waals surface area (Å²) in [6.07, 6.45) is 3.60. The molecule has 2 rings (SSSR count). The van der Waals surface area contributed by atoms with Crippen molar-refractivity contribution in [2.75, 3.05) is 0 Å². The number of hydrogen-bond acceptors (Lipinski definition) is 3. The van der Waals surface area contributed by atoms with Crippen LogP contribution >= 0.6 is 0 Å². The van der Waals surface area contributed by atoms with E-state index in [0.717, 1.165) is 5.56 Å². The Kier molecular flexibility index (Phi) is 3.44. The van der Waals surface area contributed by atoms with E-state index < -0.39 is 6.10 Å². The van der Waals surface area contributed by atoms with Crippen LogP contribution in [-0.2, 0) is 7.05 Å². The lowest BCUT2D eigenvalue weighted by molar-refractivity contribution is 0.170. The van der Waals surface area contributed by atoms with Gasteiger partial charge in [0, 0.05) is 12.6 Å². The van der Waals surface area contributed by atoms with Crippen molar-refractivity contribution >= 4 is 0 Å². The molecule has 2 aromatic rings. The molecule has 1 aromatic heterocycles. The van der Waals surface area contributed by atoms with E-state index in [9.17, 15) is 5.11 Å². The molecular weight excluding hydrogens is 216 g/mol. The van der Waals surface area contributed by atoms with E-state index in [1.165, 1.54) is 0 Å². The first kappa shape index (κ1) is 11.7. The Morgan fingerprint density at radius 2 is 2.18 bits per heavy atom. The minimum absolute atomic E-state index is 0.497. The molecule has 1 atom stereocenters. The van der Waals surface area contributed by atoms with Gasteiger partial charge in [-0.05, 0) is 12.5 Å². The van der Waals surface area contributed by atoms with Gasteiger partial charge in [-0.3, -0.25) is 4.68 Å². The zero-order valence-corrected chi connectivity index (χ0v) is 10.00. The van der Waals surface area contributed by atoms with Gasteiger partial charge in [-0.1, -0.05) is 25.1 Å². The van der Waals surface area contributed by atoms with Gasteiger partial charge in [-0.15, -0.1) is 0 Å². The Morgan fingerprint density at radius 1 is 1.41 bits per heavy atom. The molecule has 1 heterocycles. The van der Waals surface area contributed by atoms with Crippen LogP contribution in [-0.4, -0.2) is 14.9 Å². The molecule has 0 fully saturated rings. The molecule has 1 N–H and O–H groups in total. The van der Waals surface area contributed by atoms with Crippen LogP contribution in [0.2, 0.25) is 0 Å². The number of aryl methyl sites for hydroxylation is 1. The van der Waals surface area contributed by atoms with Crippen LogP contribution in [0.1, 0.15) is 25.0 Å². The summed E-state index contributed by atoms with van der Waals surface area (Å²) in [7, 11) is 1.83. The van der Waals surface area contributed by atoms with E-state index in [1.807, 2.05) is 38.2 Å². The quantitative estimate of drug-likeness (QED) is 0.881. The molecule has 0 aliphatic carbocycles. The van der Waals surface area contributed by atoms with Crippen LogP contribution < -0.4 is 4.74 Å². The maximum absolute atomic E-state index is 9.89. The molecule has 0 spiro atoms. The molecule has 17 heavy (non-hydrogen) atoms. The van der Waals surface area contributed by atoms with Gasteiger partial charge >= 0.3 is 0 Å². The lowest BCUT2D eigenvalue weighted by Gasteiger charge is -2.13. The predicted molar refractivity (Wildman–Crippen MR) is 65.0 cm³/mol. The SMILES string of the molecule is CCC(O)c1ccccc1Oc1cnn(C)c1. The molecule has 4 heteroatoms. The van der Waals surface area contributed by atoms with Gasteiger partial charge in [0.05, 0.1) is 18.5 Å². The third-order valence-electron chi connectivity index (χ3n) is 2.57. The number of aliphatic hydroxyl groups excluding tert-OH is 1. The largest absolute Gasteiger partial charge is 0.454 e. The van der Waals surface area contributed by atoms with Crippen molar-refractivity contribution in [1.29, 1.82) is 0 Å². The van der Waals surface area contributed by atoms with Crippen LogP contribution in [0.15, 0.2) is 36.7 Å². The van der Waals surface area contributed by atoms with E-state index in [4.69, 9.17) is 4.74 Å². The van der Waals surface area contributed by atoms with Crippen molar-refractivity contribution in [3.8, 4) is 11.5 Å². The molecular formula is C13H16N2O2. The average Bonchev–Trinajstić information content (AvgIpc) is 2.74. The highest BCUT2D eigenvalue weighted by atomic mass is 16.5. The minimum Gasteiger partial charge on any atom is -0.454 e. The number of hydrogen-bond donors (Lipinski definition) is 1. The second-order valence-electron chi connectivity index (χ2n) is 3.91. The molecule has 90 valence electrons. The van der Waals surface area contributed by atoms with Crippen molar-refractivity contribution in [2.45, 2.75) is 19.4 Å². The van der Waals surface area contributed by atoms with Crippen molar-refractivity contribution in [3.05, 3.63) is 42.2 Å². The molecule has 1 aromatic carbocycles. The van der Waals surface area contributed by atoms with Gasteiger partial charge in [-0.25, -0.2) is 0 Å². The van der Waals surface area contributed by atoms with Gasteiger partial charge in [0.1, 0.15) is 5.75 Å². The summed E-state index contributed by atoms with van der Waals surface area (Å²) < 4.78 is 7.38. The number of aliphatic hydroxyl groups is 1. The number of rotatable bonds is 4. The van der Waals surface area contributed by atoms with E-state index in [-0.39, 0.29) is 0 Å². The fourth-order valence-electron chi connectivity index (χ4n) is 1.65. The molecule has 0 radical (unpaired) electrons. The Balaban J connectivity index is 2.26. The third kappa shape index (κ3) is 2.65. The van der Waals surface area contributed by atoms with E-state index in [0.29, 0.717) is 17.9 Å². The Morgan fingerprint density at radius 3 is 2.82 bits per heavy atom. The van der Waals surface area contributed by atoms with Crippen LogP contribution in [0.3, 0.4) is 0 Å². The zero-order chi connectivity index (χ0) is 12.3. The van der Waals surface area contributed by atoms with Crippen molar-refractivity contribution in [1.82, 2.24) is 9.78 Å². The number of ether oxygens (including phenoxy) is 1. The molecule has 0 aliphatic rings. The molecule has 4 nitrogen and oxygen atoms in total. The highest BCUT2D eigenvalue weighted by Gasteiger charge is 2.12. The maximum atomic E-state index is 9.89. The van der Waals surface area contributed by atoms with Crippen molar-refractivity contribution in [3.63, 3.8) is 0 Å². The standard InChI is InChI=1S/C13H16N2O2/c1-3-12(16)11-6-4-5-7-13(11)17-10-8-14-15(2)9-10/h4-9,12,16H,3H2,1-2H3.